The second-order valence-corrected chi connectivity index (χ2v) is 5.31. The molecule has 0 fully saturated rings. The Morgan fingerprint density at radius 2 is 2.12 bits per heavy atom. The fraction of sp³-hybridized carbons (Fsp3) is 0.500. The molecule has 0 atom stereocenters. The van der Waals surface area contributed by atoms with E-state index in [1.807, 2.05) is 0 Å². The van der Waals surface area contributed by atoms with Crippen molar-refractivity contribution in [2.45, 2.75) is 13.0 Å². The quantitative estimate of drug-likeness (QED) is 0.717. The molecule has 0 aliphatic heterocycles. The molecule has 0 spiro atoms. The maximum absolute atomic E-state index is 13.0. The summed E-state index contributed by atoms with van der Waals surface area (Å²) in [7, 11) is 0. The van der Waals surface area contributed by atoms with Gasteiger partial charge in [-0.25, -0.2) is 4.39 Å². The number of rotatable bonds is 8. The molecule has 0 unspecified atom stereocenters. The summed E-state index contributed by atoms with van der Waals surface area (Å²) in [6, 6.07) is 4.55. The summed E-state index contributed by atoms with van der Waals surface area (Å²) < 4.78 is 13.0. The number of nitrogens with one attached hydrogen (secondary N) is 1. The number of halogens is 2. The van der Waals surface area contributed by atoms with Crippen LogP contribution in [0.4, 0.5) is 4.39 Å². The Kier molecular flexibility index (Phi) is 7.60. The normalized spacial score (nSPS) is 10.8. The van der Waals surface area contributed by atoms with Crippen molar-refractivity contribution in [3.8, 4) is 0 Å². The highest BCUT2D eigenvalue weighted by Crippen LogP contribution is 2.13. The lowest BCUT2D eigenvalue weighted by Gasteiger charge is -2.05. The van der Waals surface area contributed by atoms with E-state index >= 15 is 0 Å². The second kappa shape index (κ2) is 8.75. The minimum absolute atomic E-state index is 0.252. The van der Waals surface area contributed by atoms with Crippen LogP contribution in [0.2, 0.25) is 5.02 Å². The fourth-order valence-electron chi connectivity index (χ4n) is 1.36. The summed E-state index contributed by atoms with van der Waals surface area (Å²) in [5.74, 6) is 1.67. The van der Waals surface area contributed by atoms with E-state index < -0.39 is 0 Å². The standard InChI is InChI=1S/C12H17ClFNOS/c13-11-6-10(7-12(14)8-11)9-15-2-5-17-4-1-3-16/h6-8,15-16H,1-5,9H2. The van der Waals surface area contributed by atoms with Crippen LogP contribution >= 0.6 is 23.4 Å². The first-order valence-electron chi connectivity index (χ1n) is 5.56. The maximum atomic E-state index is 13.0. The summed E-state index contributed by atoms with van der Waals surface area (Å²) in [5.41, 5.74) is 0.857. The molecule has 2 nitrogen and oxygen atoms in total. The van der Waals surface area contributed by atoms with Gasteiger partial charge in [-0.15, -0.1) is 0 Å². The average Bonchev–Trinajstić information content (AvgIpc) is 2.26. The SMILES string of the molecule is OCCCSCCNCc1cc(F)cc(Cl)c1. The zero-order valence-electron chi connectivity index (χ0n) is 9.59. The molecule has 96 valence electrons. The largest absolute Gasteiger partial charge is 0.396 e. The van der Waals surface area contributed by atoms with Gasteiger partial charge in [0.1, 0.15) is 5.82 Å². The molecule has 0 saturated heterocycles. The number of hydrogen-bond acceptors (Lipinski definition) is 3. The third-order valence-corrected chi connectivity index (χ3v) is 3.41. The van der Waals surface area contributed by atoms with Gasteiger partial charge in [0, 0.05) is 30.5 Å². The van der Waals surface area contributed by atoms with E-state index in [4.69, 9.17) is 16.7 Å². The van der Waals surface area contributed by atoms with Crippen molar-refractivity contribution in [2.24, 2.45) is 0 Å². The lowest BCUT2D eigenvalue weighted by molar-refractivity contribution is 0.296. The molecule has 0 saturated carbocycles. The first-order valence-corrected chi connectivity index (χ1v) is 7.10. The lowest BCUT2D eigenvalue weighted by Crippen LogP contribution is -2.16. The Balaban J connectivity index is 2.13. The minimum atomic E-state index is -0.299. The smallest absolute Gasteiger partial charge is 0.125 e. The monoisotopic (exact) mass is 277 g/mol. The number of benzene rings is 1. The number of thioether (sulfide) groups is 1. The topological polar surface area (TPSA) is 32.3 Å². The highest BCUT2D eigenvalue weighted by molar-refractivity contribution is 7.99. The molecule has 17 heavy (non-hydrogen) atoms. The van der Waals surface area contributed by atoms with Crippen LogP contribution in [-0.2, 0) is 6.54 Å². The first kappa shape index (κ1) is 14.8. The van der Waals surface area contributed by atoms with Crippen LogP contribution < -0.4 is 5.32 Å². The molecule has 5 heteroatoms. The van der Waals surface area contributed by atoms with Gasteiger partial charge in [0.25, 0.3) is 0 Å². The van der Waals surface area contributed by atoms with Crippen molar-refractivity contribution in [2.75, 3.05) is 24.7 Å². The van der Waals surface area contributed by atoms with Crippen LogP contribution in [0.3, 0.4) is 0 Å². The van der Waals surface area contributed by atoms with Crippen LogP contribution in [0.15, 0.2) is 18.2 Å². The van der Waals surface area contributed by atoms with Crippen LogP contribution in [0.1, 0.15) is 12.0 Å². The molecule has 0 aliphatic rings. The highest BCUT2D eigenvalue weighted by atomic mass is 35.5. The first-order chi connectivity index (χ1) is 8.22. The summed E-state index contributed by atoms with van der Waals surface area (Å²) in [6.45, 7) is 1.74. The molecular formula is C12H17ClFNOS. The minimum Gasteiger partial charge on any atom is -0.396 e. The molecule has 1 rings (SSSR count). The van der Waals surface area contributed by atoms with Crippen molar-refractivity contribution in [3.05, 3.63) is 34.6 Å². The molecule has 0 heterocycles. The van der Waals surface area contributed by atoms with E-state index in [1.54, 1.807) is 17.8 Å². The lowest BCUT2D eigenvalue weighted by atomic mass is 10.2. The predicted molar refractivity (Wildman–Crippen MR) is 72.1 cm³/mol. The molecule has 1 aromatic rings. The summed E-state index contributed by atoms with van der Waals surface area (Å²) in [6.07, 6.45) is 0.837. The van der Waals surface area contributed by atoms with Crippen LogP contribution in [0.5, 0.6) is 0 Å². The van der Waals surface area contributed by atoms with E-state index in [-0.39, 0.29) is 12.4 Å². The van der Waals surface area contributed by atoms with Crippen LogP contribution in [0.25, 0.3) is 0 Å². The van der Waals surface area contributed by atoms with Gasteiger partial charge in [-0.2, -0.15) is 11.8 Å². The van der Waals surface area contributed by atoms with Gasteiger partial charge in [-0.05, 0) is 35.9 Å². The van der Waals surface area contributed by atoms with Crippen molar-refractivity contribution in [1.29, 1.82) is 0 Å². The van der Waals surface area contributed by atoms with Crippen molar-refractivity contribution in [1.82, 2.24) is 5.32 Å². The van der Waals surface area contributed by atoms with Gasteiger partial charge >= 0.3 is 0 Å². The Hall–Kier alpha value is -0.290. The Morgan fingerprint density at radius 3 is 2.82 bits per heavy atom. The Morgan fingerprint density at radius 1 is 1.29 bits per heavy atom. The van der Waals surface area contributed by atoms with E-state index in [0.717, 1.165) is 30.0 Å². The third kappa shape index (κ3) is 6.88. The maximum Gasteiger partial charge on any atom is 0.125 e. The average molecular weight is 278 g/mol. The van der Waals surface area contributed by atoms with Crippen molar-refractivity contribution >= 4 is 23.4 Å². The van der Waals surface area contributed by atoms with E-state index in [2.05, 4.69) is 5.32 Å². The van der Waals surface area contributed by atoms with Gasteiger partial charge in [-0.3, -0.25) is 0 Å². The van der Waals surface area contributed by atoms with E-state index in [0.29, 0.717) is 11.6 Å². The van der Waals surface area contributed by atoms with Crippen LogP contribution in [-0.4, -0.2) is 29.8 Å². The molecule has 0 bridgehead atoms. The van der Waals surface area contributed by atoms with Gasteiger partial charge in [0.2, 0.25) is 0 Å². The Bertz CT molecular complexity index is 318. The van der Waals surface area contributed by atoms with E-state index in [1.165, 1.54) is 12.1 Å². The molecular weight excluding hydrogens is 261 g/mol. The number of hydrogen-bond donors (Lipinski definition) is 2. The number of aliphatic hydroxyl groups excluding tert-OH is 1. The van der Waals surface area contributed by atoms with Gasteiger partial charge in [-0.1, -0.05) is 11.6 Å². The predicted octanol–water partition coefficient (Wildman–Crippen LogP) is 2.68. The van der Waals surface area contributed by atoms with Crippen molar-refractivity contribution < 1.29 is 9.50 Å². The van der Waals surface area contributed by atoms with Crippen molar-refractivity contribution in [3.63, 3.8) is 0 Å². The Labute approximate surface area is 111 Å². The second-order valence-electron chi connectivity index (χ2n) is 3.64. The molecule has 2 N–H and O–H groups in total. The van der Waals surface area contributed by atoms with Gasteiger partial charge < -0.3 is 10.4 Å². The van der Waals surface area contributed by atoms with Gasteiger partial charge in [0.15, 0.2) is 0 Å². The molecule has 0 radical (unpaired) electrons. The van der Waals surface area contributed by atoms with Crippen LogP contribution in [0, 0.1) is 5.82 Å². The zero-order chi connectivity index (χ0) is 12.5. The summed E-state index contributed by atoms with van der Waals surface area (Å²) in [4.78, 5) is 0. The van der Waals surface area contributed by atoms with E-state index in [9.17, 15) is 4.39 Å². The fourth-order valence-corrected chi connectivity index (χ4v) is 2.43. The summed E-state index contributed by atoms with van der Waals surface area (Å²) in [5, 5.41) is 12.2. The molecule has 0 aliphatic carbocycles. The number of aliphatic hydroxyl groups is 1. The van der Waals surface area contributed by atoms with Gasteiger partial charge in [0.05, 0.1) is 0 Å². The zero-order valence-corrected chi connectivity index (χ0v) is 11.2. The molecule has 1 aromatic carbocycles. The molecule has 0 amide bonds. The molecule has 0 aromatic heterocycles. The highest BCUT2D eigenvalue weighted by Gasteiger charge is 1.98. The summed E-state index contributed by atoms with van der Waals surface area (Å²) >= 11 is 7.55. The third-order valence-electron chi connectivity index (χ3n) is 2.12.